The Balaban J connectivity index is 1.88. The normalized spacial score (nSPS) is 23.4. The molecule has 1 aromatic heterocycles. The number of nitrogens with zero attached hydrogens (tertiary/aromatic N) is 4. The lowest BCUT2D eigenvalue weighted by Crippen LogP contribution is -2.49. The lowest BCUT2D eigenvalue weighted by Gasteiger charge is -2.35. The molecule has 2 aliphatic rings. The Bertz CT molecular complexity index is 521. The van der Waals surface area contributed by atoms with Crippen molar-refractivity contribution in [1.82, 2.24) is 14.9 Å². The van der Waals surface area contributed by atoms with E-state index < -0.39 is 12.0 Å². The number of hydrogen-bond donors (Lipinski definition) is 1. The molecule has 0 radical (unpaired) electrons. The van der Waals surface area contributed by atoms with Crippen LogP contribution in [0, 0.1) is 0 Å². The molecule has 0 bridgehead atoms. The Labute approximate surface area is 117 Å². The number of amides is 1. The van der Waals surface area contributed by atoms with Crippen molar-refractivity contribution in [3.8, 4) is 0 Å². The number of carbonyl (C=O) groups is 1. The van der Waals surface area contributed by atoms with Crippen molar-refractivity contribution in [3.05, 3.63) is 17.6 Å². The minimum atomic E-state index is -0.560. The van der Waals surface area contributed by atoms with E-state index in [9.17, 15) is 4.79 Å². The molecule has 7 heteroatoms. The van der Waals surface area contributed by atoms with Crippen molar-refractivity contribution in [2.45, 2.75) is 19.1 Å². The van der Waals surface area contributed by atoms with Crippen LogP contribution in [0.3, 0.4) is 0 Å². The van der Waals surface area contributed by atoms with Gasteiger partial charge in [0.05, 0.1) is 18.8 Å². The molecule has 108 valence electrons. The van der Waals surface area contributed by atoms with Crippen molar-refractivity contribution >= 4 is 11.7 Å². The second kappa shape index (κ2) is 5.34. The molecule has 0 spiro atoms. The molecule has 1 fully saturated rings. The fourth-order valence-electron chi connectivity index (χ4n) is 2.75. The Hall–Kier alpha value is -1.73. The molecule has 1 aromatic rings. The number of anilines is 1. The van der Waals surface area contributed by atoms with Gasteiger partial charge in [0.15, 0.2) is 6.10 Å². The second-order valence-electron chi connectivity index (χ2n) is 5.32. The summed E-state index contributed by atoms with van der Waals surface area (Å²) in [5, 5.41) is 0. The number of likely N-dealkylation sites (N-methyl/N-ethyl adjacent to an activating group) is 1. The van der Waals surface area contributed by atoms with Crippen LogP contribution in [-0.2, 0) is 22.5 Å². The van der Waals surface area contributed by atoms with Crippen LogP contribution in [0.2, 0.25) is 0 Å². The predicted octanol–water partition coefficient (Wildman–Crippen LogP) is -0.845. The Kier molecular flexibility index (Phi) is 3.54. The van der Waals surface area contributed by atoms with Crippen LogP contribution in [0.4, 0.5) is 5.82 Å². The molecule has 1 saturated heterocycles. The third kappa shape index (κ3) is 2.46. The van der Waals surface area contributed by atoms with Crippen molar-refractivity contribution in [1.29, 1.82) is 0 Å². The largest absolute Gasteiger partial charge is 0.367 e. The molecule has 2 aliphatic heterocycles. The number of ether oxygens (including phenoxy) is 1. The molecule has 0 saturated carbocycles. The van der Waals surface area contributed by atoms with E-state index in [-0.39, 0.29) is 0 Å². The van der Waals surface area contributed by atoms with Crippen LogP contribution in [0.15, 0.2) is 6.33 Å². The Morgan fingerprint density at radius 2 is 2.30 bits per heavy atom. The van der Waals surface area contributed by atoms with Crippen molar-refractivity contribution in [2.24, 2.45) is 5.73 Å². The van der Waals surface area contributed by atoms with Crippen LogP contribution >= 0.6 is 0 Å². The quantitative estimate of drug-likeness (QED) is 0.758. The molecule has 2 N–H and O–H groups in total. The minimum absolute atomic E-state index is 0.422. The van der Waals surface area contributed by atoms with Gasteiger partial charge in [0.2, 0.25) is 5.91 Å². The van der Waals surface area contributed by atoms with E-state index in [2.05, 4.69) is 26.8 Å². The van der Waals surface area contributed by atoms with Crippen molar-refractivity contribution < 1.29 is 9.53 Å². The van der Waals surface area contributed by atoms with Crippen molar-refractivity contribution in [3.63, 3.8) is 0 Å². The summed E-state index contributed by atoms with van der Waals surface area (Å²) >= 11 is 0. The number of fused-ring (bicyclic) bond motifs is 1. The summed E-state index contributed by atoms with van der Waals surface area (Å²) in [7, 11) is 2.09. The highest BCUT2D eigenvalue weighted by molar-refractivity contribution is 5.79. The molecule has 1 atom stereocenters. The minimum Gasteiger partial charge on any atom is -0.367 e. The van der Waals surface area contributed by atoms with Gasteiger partial charge in [-0.25, -0.2) is 9.97 Å². The zero-order valence-electron chi connectivity index (χ0n) is 11.6. The SMILES string of the molecule is CN1CCc2ncnc(N3CCOC(C(N)=O)C3)c2C1. The number of aromatic nitrogens is 2. The summed E-state index contributed by atoms with van der Waals surface area (Å²) in [6.45, 7) is 3.52. The number of carbonyl (C=O) groups excluding carboxylic acids is 1. The molecule has 0 aliphatic carbocycles. The van der Waals surface area contributed by atoms with E-state index in [4.69, 9.17) is 10.5 Å². The highest BCUT2D eigenvalue weighted by Gasteiger charge is 2.28. The van der Waals surface area contributed by atoms with Gasteiger partial charge in [-0.1, -0.05) is 0 Å². The van der Waals surface area contributed by atoms with Gasteiger partial charge in [0.25, 0.3) is 0 Å². The Morgan fingerprint density at radius 1 is 1.45 bits per heavy atom. The second-order valence-corrected chi connectivity index (χ2v) is 5.32. The molecule has 20 heavy (non-hydrogen) atoms. The first-order valence-corrected chi connectivity index (χ1v) is 6.82. The zero-order chi connectivity index (χ0) is 14.1. The molecular formula is C13H19N5O2. The molecule has 3 heterocycles. The Morgan fingerprint density at radius 3 is 3.10 bits per heavy atom. The van der Waals surface area contributed by atoms with E-state index in [0.717, 1.165) is 43.1 Å². The summed E-state index contributed by atoms with van der Waals surface area (Å²) in [6.07, 6.45) is 1.98. The topological polar surface area (TPSA) is 84.6 Å². The van der Waals surface area contributed by atoms with Gasteiger partial charge in [-0.15, -0.1) is 0 Å². The number of hydrogen-bond acceptors (Lipinski definition) is 6. The van der Waals surface area contributed by atoms with E-state index in [1.807, 2.05) is 0 Å². The van der Waals surface area contributed by atoms with Crippen molar-refractivity contribution in [2.75, 3.05) is 38.2 Å². The summed E-state index contributed by atoms with van der Waals surface area (Å²) in [5.41, 5.74) is 7.60. The standard InChI is InChI=1S/C13H19N5O2/c1-17-3-2-10-9(6-17)13(16-8-15-10)18-4-5-20-11(7-18)12(14)19/h8,11H,2-7H2,1H3,(H2,14,19). The van der Waals surface area contributed by atoms with Gasteiger partial charge in [-0.2, -0.15) is 0 Å². The van der Waals surface area contributed by atoms with E-state index in [0.29, 0.717) is 13.2 Å². The van der Waals surface area contributed by atoms with Crippen LogP contribution in [0.25, 0.3) is 0 Å². The predicted molar refractivity (Wildman–Crippen MR) is 73.2 cm³/mol. The average Bonchev–Trinajstić information content (AvgIpc) is 2.46. The fraction of sp³-hybridized carbons (Fsp3) is 0.615. The van der Waals surface area contributed by atoms with Gasteiger partial charge in [0, 0.05) is 31.6 Å². The summed E-state index contributed by atoms with van der Waals surface area (Å²) in [5.74, 6) is 0.492. The number of primary amides is 1. The van der Waals surface area contributed by atoms with E-state index in [1.165, 1.54) is 0 Å². The number of nitrogens with two attached hydrogens (primary N) is 1. The molecular weight excluding hydrogens is 258 g/mol. The van der Waals surface area contributed by atoms with Crippen LogP contribution in [0.1, 0.15) is 11.3 Å². The third-order valence-corrected chi connectivity index (χ3v) is 3.85. The molecule has 1 amide bonds. The third-order valence-electron chi connectivity index (χ3n) is 3.85. The maximum atomic E-state index is 11.3. The van der Waals surface area contributed by atoms with Gasteiger partial charge in [-0.05, 0) is 7.05 Å². The highest BCUT2D eigenvalue weighted by atomic mass is 16.5. The lowest BCUT2D eigenvalue weighted by atomic mass is 10.1. The zero-order valence-corrected chi connectivity index (χ0v) is 11.6. The first kappa shape index (κ1) is 13.3. The number of morpholine rings is 1. The maximum Gasteiger partial charge on any atom is 0.248 e. The van der Waals surface area contributed by atoms with E-state index in [1.54, 1.807) is 6.33 Å². The molecule has 0 aromatic carbocycles. The van der Waals surface area contributed by atoms with Gasteiger partial charge < -0.3 is 20.3 Å². The smallest absolute Gasteiger partial charge is 0.248 e. The molecule has 3 rings (SSSR count). The van der Waals surface area contributed by atoms with Gasteiger partial charge in [0.1, 0.15) is 12.1 Å². The summed E-state index contributed by atoms with van der Waals surface area (Å²) < 4.78 is 5.39. The van der Waals surface area contributed by atoms with Gasteiger partial charge >= 0.3 is 0 Å². The van der Waals surface area contributed by atoms with E-state index >= 15 is 0 Å². The molecule has 1 unspecified atom stereocenters. The first-order valence-electron chi connectivity index (χ1n) is 6.82. The first-order chi connectivity index (χ1) is 9.65. The van der Waals surface area contributed by atoms with Crippen LogP contribution in [-0.4, -0.2) is 60.2 Å². The highest BCUT2D eigenvalue weighted by Crippen LogP contribution is 2.26. The number of rotatable bonds is 2. The summed E-state index contributed by atoms with van der Waals surface area (Å²) in [6, 6.07) is 0. The monoisotopic (exact) mass is 277 g/mol. The summed E-state index contributed by atoms with van der Waals surface area (Å²) in [4.78, 5) is 24.4. The maximum absolute atomic E-state index is 11.3. The average molecular weight is 277 g/mol. The lowest BCUT2D eigenvalue weighted by molar-refractivity contribution is -0.130. The van der Waals surface area contributed by atoms with Crippen LogP contribution < -0.4 is 10.6 Å². The van der Waals surface area contributed by atoms with Crippen LogP contribution in [0.5, 0.6) is 0 Å². The van der Waals surface area contributed by atoms with Gasteiger partial charge in [-0.3, -0.25) is 4.79 Å². The fourth-order valence-corrected chi connectivity index (χ4v) is 2.75. The molecule has 7 nitrogen and oxygen atoms in total.